The van der Waals surface area contributed by atoms with E-state index in [1.54, 1.807) is 11.3 Å². The molecule has 0 amide bonds. The van der Waals surface area contributed by atoms with E-state index < -0.39 is 0 Å². The summed E-state index contributed by atoms with van der Waals surface area (Å²) in [5, 5.41) is 2.12. The molecule has 1 unspecified atom stereocenters. The number of ketones is 1. The zero-order chi connectivity index (χ0) is 12.5. The van der Waals surface area contributed by atoms with E-state index in [0.29, 0.717) is 0 Å². The van der Waals surface area contributed by atoms with Gasteiger partial charge in [-0.3, -0.25) is 4.79 Å². The Bertz CT molecular complexity index is 565. The van der Waals surface area contributed by atoms with Crippen molar-refractivity contribution in [3.8, 4) is 0 Å². The van der Waals surface area contributed by atoms with Crippen molar-refractivity contribution in [1.29, 1.82) is 0 Å². The first-order chi connectivity index (χ1) is 8.75. The molecule has 18 heavy (non-hydrogen) atoms. The zero-order valence-corrected chi connectivity index (χ0v) is 11.3. The van der Waals surface area contributed by atoms with Crippen LogP contribution in [0.1, 0.15) is 45.1 Å². The van der Waals surface area contributed by atoms with Crippen molar-refractivity contribution in [2.24, 2.45) is 0 Å². The largest absolute Gasteiger partial charge is 0.293 e. The molecular weight excluding hydrogens is 240 g/mol. The van der Waals surface area contributed by atoms with E-state index in [-0.39, 0.29) is 11.7 Å². The Morgan fingerprint density at radius 3 is 2.78 bits per heavy atom. The summed E-state index contributed by atoms with van der Waals surface area (Å²) in [5.41, 5.74) is 3.33. The van der Waals surface area contributed by atoms with Gasteiger partial charge in [0.2, 0.25) is 0 Å². The van der Waals surface area contributed by atoms with Crippen LogP contribution >= 0.6 is 11.3 Å². The molecule has 0 fully saturated rings. The molecule has 0 aliphatic heterocycles. The Morgan fingerprint density at radius 1 is 1.22 bits per heavy atom. The predicted molar refractivity (Wildman–Crippen MR) is 75.5 cm³/mol. The SMILES string of the molecule is Cc1ccc(C(=O)C2CCCc3sccc32)cc1. The third-order valence-corrected chi connectivity index (χ3v) is 4.70. The van der Waals surface area contributed by atoms with Crippen LogP contribution in [0.25, 0.3) is 0 Å². The van der Waals surface area contributed by atoms with Crippen LogP contribution < -0.4 is 0 Å². The molecule has 0 N–H and O–H groups in total. The van der Waals surface area contributed by atoms with Crippen molar-refractivity contribution < 1.29 is 4.79 Å². The second-order valence-electron chi connectivity index (χ2n) is 4.97. The molecule has 0 saturated carbocycles. The molecule has 1 atom stereocenters. The number of fused-ring (bicyclic) bond motifs is 1. The fourth-order valence-corrected chi connectivity index (χ4v) is 3.67. The molecule has 1 aromatic carbocycles. The van der Waals surface area contributed by atoms with Gasteiger partial charge in [-0.25, -0.2) is 0 Å². The predicted octanol–water partition coefficient (Wildman–Crippen LogP) is 4.36. The standard InChI is InChI=1S/C16H16OS/c1-11-5-7-12(8-6-11)16(17)14-3-2-4-15-13(14)9-10-18-15/h5-10,14H,2-4H2,1H3. The summed E-state index contributed by atoms with van der Waals surface area (Å²) in [7, 11) is 0. The Balaban J connectivity index is 1.93. The molecule has 2 aromatic rings. The third kappa shape index (κ3) is 2.01. The van der Waals surface area contributed by atoms with Gasteiger partial charge in [0.1, 0.15) is 0 Å². The number of thiophene rings is 1. The minimum Gasteiger partial charge on any atom is -0.293 e. The lowest BCUT2D eigenvalue weighted by atomic mass is 9.82. The average Bonchev–Trinajstić information content (AvgIpc) is 2.87. The van der Waals surface area contributed by atoms with Crippen molar-refractivity contribution in [2.75, 3.05) is 0 Å². The molecule has 1 aromatic heterocycles. The summed E-state index contributed by atoms with van der Waals surface area (Å²) in [4.78, 5) is 14.0. The first kappa shape index (κ1) is 11.7. The maximum Gasteiger partial charge on any atom is 0.170 e. The van der Waals surface area contributed by atoms with Crippen LogP contribution in [0.3, 0.4) is 0 Å². The van der Waals surface area contributed by atoms with Gasteiger partial charge in [-0.05, 0) is 43.2 Å². The lowest BCUT2D eigenvalue weighted by molar-refractivity contribution is 0.0951. The van der Waals surface area contributed by atoms with Crippen molar-refractivity contribution in [3.05, 3.63) is 57.3 Å². The van der Waals surface area contributed by atoms with Gasteiger partial charge in [-0.15, -0.1) is 11.3 Å². The molecule has 0 saturated heterocycles. The summed E-state index contributed by atoms with van der Waals surface area (Å²) in [6, 6.07) is 10.1. The Morgan fingerprint density at radius 2 is 2.00 bits per heavy atom. The van der Waals surface area contributed by atoms with E-state index in [9.17, 15) is 4.79 Å². The van der Waals surface area contributed by atoms with Gasteiger partial charge in [0.05, 0.1) is 0 Å². The number of benzene rings is 1. The van der Waals surface area contributed by atoms with Gasteiger partial charge in [0, 0.05) is 16.4 Å². The summed E-state index contributed by atoms with van der Waals surface area (Å²) >= 11 is 1.79. The summed E-state index contributed by atoms with van der Waals surface area (Å²) < 4.78 is 0. The number of rotatable bonds is 2. The van der Waals surface area contributed by atoms with Gasteiger partial charge in [-0.1, -0.05) is 29.8 Å². The summed E-state index contributed by atoms with van der Waals surface area (Å²) in [6.07, 6.45) is 3.27. The lowest BCUT2D eigenvalue weighted by Gasteiger charge is -2.21. The van der Waals surface area contributed by atoms with Gasteiger partial charge in [0.15, 0.2) is 5.78 Å². The number of hydrogen-bond donors (Lipinski definition) is 0. The third-order valence-electron chi connectivity index (χ3n) is 3.70. The molecule has 92 valence electrons. The Hall–Kier alpha value is -1.41. The molecule has 1 aliphatic carbocycles. The van der Waals surface area contributed by atoms with E-state index in [2.05, 4.69) is 11.4 Å². The van der Waals surface area contributed by atoms with Gasteiger partial charge in [0.25, 0.3) is 0 Å². The van der Waals surface area contributed by atoms with Crippen molar-refractivity contribution in [1.82, 2.24) is 0 Å². The molecule has 1 nitrogen and oxygen atoms in total. The van der Waals surface area contributed by atoms with Crippen LogP contribution in [0.15, 0.2) is 35.7 Å². The minimum atomic E-state index is 0.0858. The highest BCUT2D eigenvalue weighted by atomic mass is 32.1. The number of carbonyl (C=O) groups excluding carboxylic acids is 1. The van der Waals surface area contributed by atoms with E-state index in [0.717, 1.165) is 24.8 Å². The molecule has 1 heterocycles. The number of hydrogen-bond acceptors (Lipinski definition) is 2. The first-order valence-corrected chi connectivity index (χ1v) is 7.31. The van der Waals surface area contributed by atoms with E-state index in [1.807, 2.05) is 31.2 Å². The van der Waals surface area contributed by atoms with Gasteiger partial charge in [-0.2, -0.15) is 0 Å². The molecule has 3 rings (SSSR count). The van der Waals surface area contributed by atoms with Gasteiger partial charge < -0.3 is 0 Å². The molecule has 0 radical (unpaired) electrons. The number of carbonyl (C=O) groups is 1. The number of aryl methyl sites for hydroxylation is 2. The highest BCUT2D eigenvalue weighted by molar-refractivity contribution is 7.10. The van der Waals surface area contributed by atoms with Crippen molar-refractivity contribution >= 4 is 17.1 Å². The van der Waals surface area contributed by atoms with E-state index >= 15 is 0 Å². The first-order valence-electron chi connectivity index (χ1n) is 6.43. The lowest BCUT2D eigenvalue weighted by Crippen LogP contribution is -2.17. The smallest absolute Gasteiger partial charge is 0.170 e. The zero-order valence-electron chi connectivity index (χ0n) is 10.5. The second-order valence-corrected chi connectivity index (χ2v) is 5.97. The summed E-state index contributed by atoms with van der Waals surface area (Å²) in [6.45, 7) is 2.05. The fourth-order valence-electron chi connectivity index (χ4n) is 2.68. The Kier molecular flexibility index (Phi) is 3.04. The maximum absolute atomic E-state index is 12.6. The van der Waals surface area contributed by atoms with Crippen LogP contribution in [0, 0.1) is 6.92 Å². The second kappa shape index (κ2) is 4.69. The molecule has 0 bridgehead atoms. The van der Waals surface area contributed by atoms with Gasteiger partial charge >= 0.3 is 0 Å². The number of Topliss-reactive ketones (excluding diaryl/α,β-unsaturated/α-hetero) is 1. The molecule has 1 aliphatic rings. The van der Waals surface area contributed by atoms with E-state index in [4.69, 9.17) is 0 Å². The topological polar surface area (TPSA) is 17.1 Å². The molecule has 2 heteroatoms. The van der Waals surface area contributed by atoms with Crippen LogP contribution in [-0.4, -0.2) is 5.78 Å². The van der Waals surface area contributed by atoms with Crippen LogP contribution in [0.2, 0.25) is 0 Å². The molecular formula is C16H16OS. The normalized spacial score (nSPS) is 18.4. The fraction of sp³-hybridized carbons (Fsp3) is 0.312. The quantitative estimate of drug-likeness (QED) is 0.730. The van der Waals surface area contributed by atoms with E-state index in [1.165, 1.54) is 16.0 Å². The molecule has 0 spiro atoms. The van der Waals surface area contributed by atoms with Crippen molar-refractivity contribution in [2.45, 2.75) is 32.1 Å². The maximum atomic E-state index is 12.6. The highest BCUT2D eigenvalue weighted by Gasteiger charge is 2.27. The minimum absolute atomic E-state index is 0.0858. The summed E-state index contributed by atoms with van der Waals surface area (Å²) in [5.74, 6) is 0.372. The van der Waals surface area contributed by atoms with Crippen LogP contribution in [0.4, 0.5) is 0 Å². The highest BCUT2D eigenvalue weighted by Crippen LogP contribution is 2.36. The average molecular weight is 256 g/mol. The van der Waals surface area contributed by atoms with Crippen LogP contribution in [0.5, 0.6) is 0 Å². The van der Waals surface area contributed by atoms with Crippen LogP contribution in [-0.2, 0) is 6.42 Å². The monoisotopic (exact) mass is 256 g/mol. The van der Waals surface area contributed by atoms with Crippen molar-refractivity contribution in [3.63, 3.8) is 0 Å². The Labute approximate surface area is 111 Å².